The molecule has 0 saturated carbocycles. The topological polar surface area (TPSA) is 62.2 Å². The van der Waals surface area contributed by atoms with Crippen molar-refractivity contribution in [2.45, 2.75) is 25.3 Å². The summed E-state index contributed by atoms with van der Waals surface area (Å²) in [4.78, 5) is 36.3. The van der Waals surface area contributed by atoms with Crippen molar-refractivity contribution < 1.29 is 14.3 Å². The van der Waals surface area contributed by atoms with Crippen molar-refractivity contribution in [3.8, 4) is 5.75 Å². The zero-order valence-corrected chi connectivity index (χ0v) is 21.9. The SMILES string of the molecule is CCOc1ccc(C(C)=O)cc1/N=C1/S/C(=C2\Sc3ccccc3N2C)C(=O)N1Cc1ccccc1. The molecule has 1 amide bonds. The summed E-state index contributed by atoms with van der Waals surface area (Å²) in [6.45, 7) is 4.28. The predicted molar refractivity (Wildman–Crippen MR) is 147 cm³/mol. The van der Waals surface area contributed by atoms with E-state index < -0.39 is 0 Å². The number of para-hydroxylation sites is 1. The summed E-state index contributed by atoms with van der Waals surface area (Å²) in [6, 6.07) is 23.2. The number of ether oxygens (including phenoxy) is 1. The molecule has 0 N–H and O–H groups in total. The smallest absolute Gasteiger partial charge is 0.269 e. The van der Waals surface area contributed by atoms with Crippen LogP contribution in [-0.4, -0.2) is 35.4 Å². The van der Waals surface area contributed by atoms with Crippen LogP contribution in [0.2, 0.25) is 0 Å². The Bertz CT molecular complexity index is 1400. The van der Waals surface area contributed by atoms with Gasteiger partial charge in [0.1, 0.15) is 16.3 Å². The summed E-state index contributed by atoms with van der Waals surface area (Å²) in [5.41, 5.74) is 3.15. The summed E-state index contributed by atoms with van der Waals surface area (Å²) in [5.74, 6) is 0.425. The molecule has 1 saturated heterocycles. The Balaban J connectivity index is 1.60. The van der Waals surface area contributed by atoms with Gasteiger partial charge >= 0.3 is 0 Å². The highest BCUT2D eigenvalue weighted by atomic mass is 32.2. The number of amides is 1. The van der Waals surface area contributed by atoms with Crippen LogP contribution in [0.4, 0.5) is 11.4 Å². The van der Waals surface area contributed by atoms with Gasteiger partial charge < -0.3 is 9.64 Å². The number of aliphatic imine (C=N–C) groups is 1. The molecular weight excluding hydrogens is 490 g/mol. The van der Waals surface area contributed by atoms with Gasteiger partial charge in [0.25, 0.3) is 5.91 Å². The minimum Gasteiger partial charge on any atom is -0.492 e. The Labute approximate surface area is 219 Å². The maximum absolute atomic E-state index is 13.8. The molecule has 2 aliphatic heterocycles. The van der Waals surface area contributed by atoms with Gasteiger partial charge in [-0.15, -0.1) is 0 Å². The van der Waals surface area contributed by atoms with Crippen molar-refractivity contribution in [3.05, 3.63) is 93.9 Å². The van der Waals surface area contributed by atoms with Crippen LogP contribution in [0, 0.1) is 0 Å². The van der Waals surface area contributed by atoms with E-state index in [9.17, 15) is 9.59 Å². The molecule has 3 aromatic rings. The number of anilines is 1. The van der Waals surface area contributed by atoms with Crippen molar-refractivity contribution in [2.24, 2.45) is 4.99 Å². The van der Waals surface area contributed by atoms with E-state index in [1.807, 2.05) is 56.4 Å². The highest BCUT2D eigenvalue weighted by molar-refractivity contribution is 8.19. The average Bonchev–Trinajstić information content (AvgIpc) is 3.37. The Morgan fingerprint density at radius 3 is 2.47 bits per heavy atom. The molecule has 0 bridgehead atoms. The van der Waals surface area contributed by atoms with Gasteiger partial charge in [0, 0.05) is 17.5 Å². The number of amidine groups is 1. The van der Waals surface area contributed by atoms with Gasteiger partial charge in [0.15, 0.2) is 11.0 Å². The van der Waals surface area contributed by atoms with Gasteiger partial charge in [-0.2, -0.15) is 0 Å². The summed E-state index contributed by atoms with van der Waals surface area (Å²) in [6.07, 6.45) is 0. The lowest BCUT2D eigenvalue weighted by molar-refractivity contribution is -0.122. The van der Waals surface area contributed by atoms with Crippen molar-refractivity contribution >= 4 is 51.8 Å². The number of hydrogen-bond donors (Lipinski definition) is 0. The fraction of sp³-hybridized carbons (Fsp3) is 0.179. The van der Waals surface area contributed by atoms with Gasteiger partial charge in [-0.3, -0.25) is 14.5 Å². The highest BCUT2D eigenvalue weighted by Gasteiger charge is 2.39. The van der Waals surface area contributed by atoms with Crippen LogP contribution in [0.3, 0.4) is 0 Å². The standard InChI is InChI=1S/C28H25N3O3S2/c1-4-34-23-15-14-20(18(2)32)16-21(23)29-28-31(17-19-10-6-5-7-11-19)26(33)25(36-28)27-30(3)22-12-8-9-13-24(22)35-27/h5-16H,4,17H2,1-3H3/b27-25-,29-28+. The molecule has 0 aromatic heterocycles. The lowest BCUT2D eigenvalue weighted by Crippen LogP contribution is -2.29. The number of carbonyl (C=O) groups excluding carboxylic acids is 2. The molecule has 2 heterocycles. The fourth-order valence-corrected chi connectivity index (χ4v) is 6.36. The van der Waals surface area contributed by atoms with E-state index in [1.165, 1.54) is 18.7 Å². The molecule has 0 unspecified atom stereocenters. The molecule has 2 aliphatic rings. The first-order chi connectivity index (χ1) is 17.5. The van der Waals surface area contributed by atoms with E-state index in [0.717, 1.165) is 21.2 Å². The summed E-state index contributed by atoms with van der Waals surface area (Å²) in [5, 5.41) is 1.44. The third-order valence-corrected chi connectivity index (χ3v) is 8.29. The maximum Gasteiger partial charge on any atom is 0.269 e. The largest absolute Gasteiger partial charge is 0.492 e. The van der Waals surface area contributed by atoms with Crippen molar-refractivity contribution in [3.63, 3.8) is 0 Å². The second-order valence-electron chi connectivity index (χ2n) is 8.31. The number of thioether (sulfide) groups is 2. The molecule has 8 heteroatoms. The van der Waals surface area contributed by atoms with Crippen LogP contribution >= 0.6 is 23.5 Å². The number of benzene rings is 3. The Kier molecular flexibility index (Phi) is 6.89. The molecule has 0 aliphatic carbocycles. The van der Waals surface area contributed by atoms with E-state index in [1.54, 1.807) is 34.9 Å². The summed E-state index contributed by atoms with van der Waals surface area (Å²) < 4.78 is 5.79. The monoisotopic (exact) mass is 515 g/mol. The average molecular weight is 516 g/mol. The first kappa shape index (κ1) is 24.2. The normalized spacial score (nSPS) is 18.2. The zero-order valence-electron chi connectivity index (χ0n) is 20.2. The van der Waals surface area contributed by atoms with Crippen LogP contribution in [0.5, 0.6) is 5.75 Å². The lowest BCUT2D eigenvalue weighted by atomic mass is 10.1. The first-order valence-electron chi connectivity index (χ1n) is 11.6. The van der Waals surface area contributed by atoms with Crippen LogP contribution in [0.1, 0.15) is 29.8 Å². The van der Waals surface area contributed by atoms with Crippen LogP contribution in [0.15, 0.2) is 92.6 Å². The van der Waals surface area contributed by atoms with Gasteiger partial charge in [-0.1, -0.05) is 54.2 Å². The number of fused-ring (bicyclic) bond motifs is 1. The van der Waals surface area contributed by atoms with Gasteiger partial charge in [0.2, 0.25) is 0 Å². The van der Waals surface area contributed by atoms with Crippen molar-refractivity contribution in [1.29, 1.82) is 0 Å². The fourth-order valence-electron chi connectivity index (χ4n) is 4.03. The Morgan fingerprint density at radius 1 is 1.00 bits per heavy atom. The number of rotatable bonds is 6. The Hall–Kier alpha value is -3.49. The predicted octanol–water partition coefficient (Wildman–Crippen LogP) is 6.46. The second kappa shape index (κ2) is 10.2. The van der Waals surface area contributed by atoms with E-state index in [2.05, 4.69) is 17.0 Å². The third kappa shape index (κ3) is 4.66. The molecule has 0 radical (unpaired) electrons. The summed E-state index contributed by atoms with van der Waals surface area (Å²) >= 11 is 2.95. The lowest BCUT2D eigenvalue weighted by Gasteiger charge is -2.17. The number of Topliss-reactive ketones (excluding diaryl/α,β-unsaturated/α-hetero) is 1. The van der Waals surface area contributed by atoms with Crippen LogP contribution in [0.25, 0.3) is 0 Å². The number of nitrogens with zero attached hydrogens (tertiary/aromatic N) is 3. The van der Waals surface area contributed by atoms with E-state index in [0.29, 0.717) is 40.2 Å². The molecule has 182 valence electrons. The molecule has 6 nitrogen and oxygen atoms in total. The maximum atomic E-state index is 13.8. The molecule has 5 rings (SSSR count). The van der Waals surface area contributed by atoms with Crippen molar-refractivity contribution in [1.82, 2.24) is 4.90 Å². The molecule has 0 atom stereocenters. The molecular formula is C28H25N3O3S2. The van der Waals surface area contributed by atoms with Crippen LogP contribution in [-0.2, 0) is 11.3 Å². The zero-order chi connectivity index (χ0) is 25.2. The van der Waals surface area contributed by atoms with Gasteiger partial charge in [0.05, 0.1) is 23.9 Å². The first-order valence-corrected chi connectivity index (χ1v) is 13.2. The van der Waals surface area contributed by atoms with E-state index >= 15 is 0 Å². The van der Waals surface area contributed by atoms with Gasteiger partial charge in [-0.25, -0.2) is 4.99 Å². The van der Waals surface area contributed by atoms with Crippen LogP contribution < -0.4 is 9.64 Å². The summed E-state index contributed by atoms with van der Waals surface area (Å²) in [7, 11) is 1.98. The van der Waals surface area contributed by atoms with E-state index in [-0.39, 0.29) is 11.7 Å². The highest BCUT2D eigenvalue weighted by Crippen LogP contribution is 2.50. The molecule has 0 spiro atoms. The number of carbonyl (C=O) groups is 2. The van der Waals surface area contributed by atoms with E-state index in [4.69, 9.17) is 9.73 Å². The Morgan fingerprint density at radius 2 is 1.75 bits per heavy atom. The minimum atomic E-state index is -0.0922. The van der Waals surface area contributed by atoms with Crippen molar-refractivity contribution in [2.75, 3.05) is 18.6 Å². The molecule has 1 fully saturated rings. The van der Waals surface area contributed by atoms with Gasteiger partial charge in [-0.05, 0) is 61.5 Å². The minimum absolute atomic E-state index is 0.0552. The second-order valence-corrected chi connectivity index (χ2v) is 10.3. The quantitative estimate of drug-likeness (QED) is 0.277. The molecule has 36 heavy (non-hydrogen) atoms. The molecule has 3 aromatic carbocycles. The third-order valence-electron chi connectivity index (χ3n) is 5.86. The number of ketones is 1. The number of hydrogen-bond acceptors (Lipinski definition) is 7.